The third-order valence-electron chi connectivity index (χ3n) is 3.05. The van der Waals surface area contributed by atoms with Gasteiger partial charge in [0.25, 0.3) is 0 Å². The molecule has 7 heteroatoms. The minimum Gasteiger partial charge on any atom is -0.338 e. The molecule has 0 spiro atoms. The topological polar surface area (TPSA) is 58.2 Å². The average Bonchev–Trinajstić information content (AvgIpc) is 2.55. The first-order valence-corrected chi connectivity index (χ1v) is 8.14. The van der Waals surface area contributed by atoms with Crippen LogP contribution in [-0.2, 0) is 4.79 Å². The number of nitrogens with one attached hydrogen (secondary N) is 2. The lowest BCUT2D eigenvalue weighted by atomic mass is 10.1. The number of thioether (sulfide) groups is 1. The van der Waals surface area contributed by atoms with E-state index in [1.165, 1.54) is 6.07 Å². The Kier molecular flexibility index (Phi) is 6.31. The van der Waals surface area contributed by atoms with Gasteiger partial charge in [-0.1, -0.05) is 30.3 Å². The fraction of sp³-hybridized carbons (Fsp3) is 0.176. The summed E-state index contributed by atoms with van der Waals surface area (Å²) in [5, 5.41) is 3.83. The molecule has 0 bridgehead atoms. The van der Waals surface area contributed by atoms with Gasteiger partial charge in [-0.2, -0.15) is 0 Å². The summed E-state index contributed by atoms with van der Waals surface area (Å²) in [6, 6.07) is 11.2. The Morgan fingerprint density at radius 3 is 2.46 bits per heavy atom. The Morgan fingerprint density at radius 1 is 1.12 bits per heavy atom. The number of rotatable bonds is 5. The molecule has 24 heavy (non-hydrogen) atoms. The van der Waals surface area contributed by atoms with Crippen molar-refractivity contribution in [2.24, 2.45) is 0 Å². The van der Waals surface area contributed by atoms with E-state index in [0.29, 0.717) is 12.1 Å². The summed E-state index contributed by atoms with van der Waals surface area (Å²) in [5.41, 5.74) is 0.605. The second-order valence-corrected chi connectivity index (χ2v) is 5.98. The van der Waals surface area contributed by atoms with Crippen molar-refractivity contribution in [3.05, 3.63) is 65.7 Å². The fourth-order valence-corrected chi connectivity index (χ4v) is 3.01. The highest BCUT2D eigenvalue weighted by molar-refractivity contribution is 8.00. The molecule has 0 unspecified atom stereocenters. The van der Waals surface area contributed by atoms with Gasteiger partial charge in [-0.25, -0.2) is 13.6 Å². The number of amides is 3. The predicted octanol–water partition coefficient (Wildman–Crippen LogP) is 3.64. The standard InChI is InChI=1S/C17H16F2N2O2S/c1-2-20-17(23)21-16(22)15(11-6-4-3-5-7-11)24-14-9-8-12(18)10-13(14)19/h3-10,15H,2H2,1H3,(H2,20,21,22,23)/t15-/m0/s1. The molecule has 2 aromatic carbocycles. The Balaban J connectivity index is 2.26. The van der Waals surface area contributed by atoms with Crippen LogP contribution in [0.5, 0.6) is 0 Å². The molecule has 1 atom stereocenters. The van der Waals surface area contributed by atoms with E-state index in [1.807, 2.05) is 0 Å². The van der Waals surface area contributed by atoms with Gasteiger partial charge in [0.2, 0.25) is 5.91 Å². The summed E-state index contributed by atoms with van der Waals surface area (Å²) >= 11 is 0.912. The molecule has 4 nitrogen and oxygen atoms in total. The number of imide groups is 1. The number of hydrogen-bond acceptors (Lipinski definition) is 3. The molecule has 126 valence electrons. The van der Waals surface area contributed by atoms with Crippen LogP contribution in [0, 0.1) is 11.6 Å². The van der Waals surface area contributed by atoms with Crippen LogP contribution in [0.15, 0.2) is 53.4 Å². The Morgan fingerprint density at radius 2 is 1.83 bits per heavy atom. The second-order valence-electron chi connectivity index (χ2n) is 4.83. The van der Waals surface area contributed by atoms with E-state index in [0.717, 1.165) is 23.9 Å². The number of halogens is 2. The lowest BCUT2D eigenvalue weighted by Crippen LogP contribution is -2.41. The maximum absolute atomic E-state index is 13.9. The van der Waals surface area contributed by atoms with Crippen LogP contribution >= 0.6 is 11.8 Å². The Hall–Kier alpha value is -2.41. The zero-order chi connectivity index (χ0) is 17.5. The third-order valence-corrected chi connectivity index (χ3v) is 4.36. The second kappa shape index (κ2) is 8.44. The van der Waals surface area contributed by atoms with Gasteiger partial charge in [-0.05, 0) is 24.6 Å². The molecule has 0 aliphatic rings. The molecule has 0 fully saturated rings. The van der Waals surface area contributed by atoms with Crippen LogP contribution < -0.4 is 10.6 Å². The first kappa shape index (κ1) is 17.9. The molecule has 2 rings (SSSR count). The highest BCUT2D eigenvalue weighted by atomic mass is 32.2. The van der Waals surface area contributed by atoms with Gasteiger partial charge in [-0.3, -0.25) is 10.1 Å². The van der Waals surface area contributed by atoms with Crippen LogP contribution in [0.2, 0.25) is 0 Å². The molecule has 0 aliphatic heterocycles. The summed E-state index contributed by atoms with van der Waals surface area (Å²) < 4.78 is 26.9. The molecule has 3 amide bonds. The maximum atomic E-state index is 13.9. The van der Waals surface area contributed by atoms with Crippen molar-refractivity contribution in [2.45, 2.75) is 17.1 Å². The molecule has 2 N–H and O–H groups in total. The minimum atomic E-state index is -0.853. The zero-order valence-electron chi connectivity index (χ0n) is 12.9. The lowest BCUT2D eigenvalue weighted by molar-refractivity contribution is -0.119. The Labute approximate surface area is 142 Å². The van der Waals surface area contributed by atoms with Crippen LogP contribution in [0.4, 0.5) is 13.6 Å². The molecular weight excluding hydrogens is 334 g/mol. The van der Waals surface area contributed by atoms with Gasteiger partial charge in [0.15, 0.2) is 0 Å². The van der Waals surface area contributed by atoms with E-state index in [4.69, 9.17) is 0 Å². The average molecular weight is 350 g/mol. The number of carbonyl (C=O) groups excluding carboxylic acids is 2. The van der Waals surface area contributed by atoms with E-state index >= 15 is 0 Å². The summed E-state index contributed by atoms with van der Waals surface area (Å²) in [5.74, 6) is -2.03. The first-order chi connectivity index (χ1) is 11.5. The number of hydrogen-bond donors (Lipinski definition) is 2. The normalized spacial score (nSPS) is 11.6. The van der Waals surface area contributed by atoms with Crippen molar-refractivity contribution in [1.29, 1.82) is 0 Å². The largest absolute Gasteiger partial charge is 0.338 e. The summed E-state index contributed by atoms with van der Waals surface area (Å²) in [6.45, 7) is 2.09. The molecule has 2 aromatic rings. The van der Waals surface area contributed by atoms with Crippen LogP contribution in [0.1, 0.15) is 17.7 Å². The van der Waals surface area contributed by atoms with E-state index in [-0.39, 0.29) is 4.90 Å². The molecular formula is C17H16F2N2O2S. The molecule has 0 saturated carbocycles. The monoisotopic (exact) mass is 350 g/mol. The van der Waals surface area contributed by atoms with Gasteiger partial charge in [0.05, 0.1) is 0 Å². The van der Waals surface area contributed by atoms with Gasteiger partial charge in [0.1, 0.15) is 16.9 Å². The number of carbonyl (C=O) groups is 2. The lowest BCUT2D eigenvalue weighted by Gasteiger charge is -2.17. The smallest absolute Gasteiger partial charge is 0.321 e. The minimum absolute atomic E-state index is 0.122. The summed E-state index contributed by atoms with van der Waals surface area (Å²) in [7, 11) is 0. The molecule has 0 aromatic heterocycles. The highest BCUT2D eigenvalue weighted by Crippen LogP contribution is 2.36. The van der Waals surface area contributed by atoms with Crippen LogP contribution in [0.25, 0.3) is 0 Å². The van der Waals surface area contributed by atoms with E-state index in [2.05, 4.69) is 10.6 Å². The predicted molar refractivity (Wildman–Crippen MR) is 88.6 cm³/mol. The fourth-order valence-electron chi connectivity index (χ4n) is 1.98. The summed E-state index contributed by atoms with van der Waals surface area (Å²) in [4.78, 5) is 24.1. The van der Waals surface area contributed by atoms with Gasteiger partial charge in [-0.15, -0.1) is 11.8 Å². The SMILES string of the molecule is CCNC(=O)NC(=O)[C@@H](Sc1ccc(F)cc1F)c1ccccc1. The van der Waals surface area contributed by atoms with Crippen molar-refractivity contribution < 1.29 is 18.4 Å². The van der Waals surface area contributed by atoms with Crippen molar-refractivity contribution in [3.8, 4) is 0 Å². The zero-order valence-corrected chi connectivity index (χ0v) is 13.7. The van der Waals surface area contributed by atoms with Crippen molar-refractivity contribution in [1.82, 2.24) is 10.6 Å². The third kappa shape index (κ3) is 4.79. The van der Waals surface area contributed by atoms with Crippen molar-refractivity contribution in [2.75, 3.05) is 6.54 Å². The Bertz CT molecular complexity index is 726. The molecule has 0 heterocycles. The van der Waals surface area contributed by atoms with E-state index in [9.17, 15) is 18.4 Å². The maximum Gasteiger partial charge on any atom is 0.321 e. The molecule has 0 saturated heterocycles. The number of urea groups is 1. The van der Waals surface area contributed by atoms with Crippen molar-refractivity contribution >= 4 is 23.7 Å². The van der Waals surface area contributed by atoms with E-state index < -0.39 is 28.8 Å². The number of benzene rings is 2. The van der Waals surface area contributed by atoms with E-state index in [1.54, 1.807) is 37.3 Å². The van der Waals surface area contributed by atoms with Gasteiger partial charge in [0, 0.05) is 17.5 Å². The van der Waals surface area contributed by atoms with Gasteiger partial charge >= 0.3 is 6.03 Å². The van der Waals surface area contributed by atoms with Crippen LogP contribution in [-0.4, -0.2) is 18.5 Å². The quantitative estimate of drug-likeness (QED) is 0.810. The molecule has 0 radical (unpaired) electrons. The first-order valence-electron chi connectivity index (χ1n) is 7.26. The van der Waals surface area contributed by atoms with Crippen molar-refractivity contribution in [3.63, 3.8) is 0 Å². The highest BCUT2D eigenvalue weighted by Gasteiger charge is 2.24. The summed E-state index contributed by atoms with van der Waals surface area (Å²) in [6.07, 6.45) is 0. The molecule has 0 aliphatic carbocycles. The van der Waals surface area contributed by atoms with Gasteiger partial charge < -0.3 is 5.32 Å². The van der Waals surface area contributed by atoms with Crippen LogP contribution in [0.3, 0.4) is 0 Å².